The van der Waals surface area contributed by atoms with E-state index in [0.29, 0.717) is 25.1 Å². The predicted octanol–water partition coefficient (Wildman–Crippen LogP) is 5.86. The number of rotatable bonds is 7. The van der Waals surface area contributed by atoms with Gasteiger partial charge in [0.05, 0.1) is 12.2 Å². The summed E-state index contributed by atoms with van der Waals surface area (Å²) in [6.07, 6.45) is 1.36. The summed E-state index contributed by atoms with van der Waals surface area (Å²) in [4.78, 5) is 24.0. The van der Waals surface area contributed by atoms with Crippen molar-refractivity contribution in [3.05, 3.63) is 92.4 Å². The van der Waals surface area contributed by atoms with Gasteiger partial charge in [-0.15, -0.1) is 0 Å². The summed E-state index contributed by atoms with van der Waals surface area (Å²) in [6.45, 7) is 0.420. The fourth-order valence-corrected chi connectivity index (χ4v) is 3.31. The van der Waals surface area contributed by atoms with E-state index in [1.165, 1.54) is 0 Å². The molecule has 28 heavy (non-hydrogen) atoms. The average Bonchev–Trinajstić information content (AvgIpc) is 2.71. The molecule has 0 aromatic heterocycles. The van der Waals surface area contributed by atoms with Crippen LogP contribution in [0, 0.1) is 0 Å². The molecule has 3 aromatic rings. The minimum Gasteiger partial charge on any atom is -0.492 e. The quantitative estimate of drug-likeness (QED) is 0.230. The molecule has 142 valence electrons. The molecule has 3 rings (SSSR count). The van der Waals surface area contributed by atoms with Gasteiger partial charge in [-0.2, -0.15) is 0 Å². The van der Waals surface area contributed by atoms with E-state index >= 15 is 0 Å². The van der Waals surface area contributed by atoms with E-state index in [1.54, 1.807) is 36.4 Å². The van der Waals surface area contributed by atoms with Crippen LogP contribution < -0.4 is 9.47 Å². The maximum absolute atomic E-state index is 12.7. The van der Waals surface area contributed by atoms with Gasteiger partial charge in [0.15, 0.2) is 6.29 Å². The zero-order valence-corrected chi connectivity index (χ0v) is 17.9. The third-order valence-corrected chi connectivity index (χ3v) is 4.94. The molecule has 3 aromatic carbocycles. The van der Waals surface area contributed by atoms with Gasteiger partial charge in [0.1, 0.15) is 17.1 Å². The highest BCUT2D eigenvalue weighted by atomic mass is 79.9. The Labute approximate surface area is 179 Å². The Hall–Kier alpha value is -2.44. The highest BCUT2D eigenvalue weighted by molar-refractivity contribution is 9.10. The van der Waals surface area contributed by atoms with Gasteiger partial charge in [-0.05, 0) is 42.0 Å². The van der Waals surface area contributed by atoms with Crippen LogP contribution in [-0.2, 0) is 6.42 Å². The van der Waals surface area contributed by atoms with Crippen molar-refractivity contribution in [1.29, 1.82) is 0 Å². The normalized spacial score (nSPS) is 10.4. The van der Waals surface area contributed by atoms with Crippen LogP contribution in [0.3, 0.4) is 0 Å². The molecule has 0 aliphatic heterocycles. The van der Waals surface area contributed by atoms with Gasteiger partial charge in [-0.3, -0.25) is 4.79 Å². The van der Waals surface area contributed by atoms with Crippen LogP contribution >= 0.6 is 31.9 Å². The number of carbonyl (C=O) groups is 2. The number of ether oxygens (including phenoxy) is 2. The van der Waals surface area contributed by atoms with Crippen molar-refractivity contribution < 1.29 is 19.1 Å². The Morgan fingerprint density at radius 3 is 2.29 bits per heavy atom. The third kappa shape index (κ3) is 5.30. The summed E-state index contributed by atoms with van der Waals surface area (Å²) in [7, 11) is 0. The standard InChI is InChI=1S/C22H16Br2O4/c23-17-6-8-20(16(12-17)14-25)28-22(26)19-13-18(24)7-9-21(19)27-11-10-15-4-2-1-3-5-15/h1-9,12-14H,10-11H2. The molecule has 0 saturated carbocycles. The van der Waals surface area contributed by atoms with E-state index in [9.17, 15) is 9.59 Å². The second-order valence-electron chi connectivity index (χ2n) is 5.91. The minimum absolute atomic E-state index is 0.193. The van der Waals surface area contributed by atoms with E-state index < -0.39 is 5.97 Å². The Kier molecular flexibility index (Phi) is 7.01. The van der Waals surface area contributed by atoms with Gasteiger partial charge >= 0.3 is 5.97 Å². The first-order chi connectivity index (χ1) is 13.6. The summed E-state index contributed by atoms with van der Waals surface area (Å²) in [5.41, 5.74) is 1.71. The predicted molar refractivity (Wildman–Crippen MR) is 114 cm³/mol. The number of esters is 1. The number of halogens is 2. The van der Waals surface area contributed by atoms with Crippen molar-refractivity contribution in [2.24, 2.45) is 0 Å². The maximum atomic E-state index is 12.7. The summed E-state index contributed by atoms with van der Waals surface area (Å²) in [5.74, 6) is 0.0220. The van der Waals surface area contributed by atoms with E-state index in [2.05, 4.69) is 31.9 Å². The summed E-state index contributed by atoms with van der Waals surface area (Å²) in [5, 5.41) is 0. The number of aldehydes is 1. The van der Waals surface area contributed by atoms with E-state index in [0.717, 1.165) is 14.5 Å². The summed E-state index contributed by atoms with van der Waals surface area (Å²) in [6, 6.07) is 20.0. The first-order valence-electron chi connectivity index (χ1n) is 8.50. The molecule has 4 nitrogen and oxygen atoms in total. The molecule has 0 radical (unpaired) electrons. The SMILES string of the molecule is O=Cc1cc(Br)ccc1OC(=O)c1cc(Br)ccc1OCCc1ccccc1. The van der Waals surface area contributed by atoms with Crippen LogP contribution in [0.4, 0.5) is 0 Å². The molecule has 0 aliphatic carbocycles. The smallest absolute Gasteiger partial charge is 0.347 e. The van der Waals surface area contributed by atoms with Gasteiger partial charge in [-0.1, -0.05) is 62.2 Å². The number of carbonyl (C=O) groups excluding carboxylic acids is 2. The Bertz CT molecular complexity index is 987. The zero-order chi connectivity index (χ0) is 19.9. The molecule has 0 heterocycles. The van der Waals surface area contributed by atoms with Crippen molar-refractivity contribution in [3.8, 4) is 11.5 Å². The number of hydrogen-bond donors (Lipinski definition) is 0. The van der Waals surface area contributed by atoms with Crippen molar-refractivity contribution in [3.63, 3.8) is 0 Å². The topological polar surface area (TPSA) is 52.6 Å². The van der Waals surface area contributed by atoms with Crippen molar-refractivity contribution in [1.82, 2.24) is 0 Å². The summed E-state index contributed by atoms with van der Waals surface area (Å²) >= 11 is 6.66. The first kappa shape index (κ1) is 20.3. The molecule has 0 saturated heterocycles. The Morgan fingerprint density at radius 1 is 0.893 bits per heavy atom. The number of hydrogen-bond acceptors (Lipinski definition) is 4. The first-order valence-corrected chi connectivity index (χ1v) is 10.1. The lowest BCUT2D eigenvalue weighted by molar-refractivity contribution is 0.0729. The molecular weight excluding hydrogens is 488 g/mol. The molecule has 0 bridgehead atoms. The van der Waals surface area contributed by atoms with Crippen LogP contribution in [0.25, 0.3) is 0 Å². The lowest BCUT2D eigenvalue weighted by Crippen LogP contribution is -2.13. The molecule has 0 N–H and O–H groups in total. The molecular formula is C22H16Br2O4. The highest BCUT2D eigenvalue weighted by Gasteiger charge is 2.17. The lowest BCUT2D eigenvalue weighted by Gasteiger charge is -2.12. The average molecular weight is 504 g/mol. The summed E-state index contributed by atoms with van der Waals surface area (Å²) < 4.78 is 12.7. The largest absolute Gasteiger partial charge is 0.492 e. The lowest BCUT2D eigenvalue weighted by atomic mass is 10.1. The third-order valence-electron chi connectivity index (χ3n) is 3.95. The van der Waals surface area contributed by atoms with Crippen LogP contribution in [-0.4, -0.2) is 18.9 Å². The maximum Gasteiger partial charge on any atom is 0.347 e. The Balaban J connectivity index is 1.76. The monoisotopic (exact) mass is 502 g/mol. The van der Waals surface area contributed by atoms with E-state index in [4.69, 9.17) is 9.47 Å². The second-order valence-corrected chi connectivity index (χ2v) is 7.75. The van der Waals surface area contributed by atoms with Crippen molar-refractivity contribution in [2.45, 2.75) is 6.42 Å². The minimum atomic E-state index is -0.596. The molecule has 0 atom stereocenters. The van der Waals surface area contributed by atoms with Gasteiger partial charge in [0.25, 0.3) is 0 Å². The molecule has 0 unspecified atom stereocenters. The van der Waals surface area contributed by atoms with Gasteiger partial charge in [-0.25, -0.2) is 4.79 Å². The Morgan fingerprint density at radius 2 is 1.57 bits per heavy atom. The second kappa shape index (κ2) is 9.66. The molecule has 0 spiro atoms. The molecule has 0 amide bonds. The molecule has 6 heteroatoms. The van der Waals surface area contributed by atoms with Crippen LogP contribution in [0.15, 0.2) is 75.7 Å². The highest BCUT2D eigenvalue weighted by Crippen LogP contribution is 2.27. The fraction of sp³-hybridized carbons (Fsp3) is 0.0909. The van der Waals surface area contributed by atoms with Crippen molar-refractivity contribution >= 4 is 44.1 Å². The fourth-order valence-electron chi connectivity index (χ4n) is 2.57. The molecule has 0 fully saturated rings. The molecule has 0 aliphatic rings. The van der Waals surface area contributed by atoms with Crippen molar-refractivity contribution in [2.75, 3.05) is 6.61 Å². The van der Waals surface area contributed by atoms with Crippen LogP contribution in [0.5, 0.6) is 11.5 Å². The number of benzene rings is 3. The van der Waals surface area contributed by atoms with Crippen LogP contribution in [0.1, 0.15) is 26.3 Å². The van der Waals surface area contributed by atoms with Gasteiger partial charge < -0.3 is 9.47 Å². The van der Waals surface area contributed by atoms with Gasteiger partial charge in [0, 0.05) is 15.4 Å². The van der Waals surface area contributed by atoms with E-state index in [-0.39, 0.29) is 16.9 Å². The zero-order valence-electron chi connectivity index (χ0n) is 14.7. The van der Waals surface area contributed by atoms with E-state index in [1.807, 2.05) is 30.3 Å². The van der Waals surface area contributed by atoms with Gasteiger partial charge in [0.2, 0.25) is 0 Å². The van der Waals surface area contributed by atoms with Crippen LogP contribution in [0.2, 0.25) is 0 Å².